The van der Waals surface area contributed by atoms with E-state index in [2.05, 4.69) is 25.5 Å². The van der Waals surface area contributed by atoms with Gasteiger partial charge in [0.2, 0.25) is 0 Å². The third-order valence-electron chi connectivity index (χ3n) is 4.90. The quantitative estimate of drug-likeness (QED) is 0.419. The summed E-state index contributed by atoms with van der Waals surface area (Å²) < 4.78 is 1.67. The van der Waals surface area contributed by atoms with E-state index in [1.54, 1.807) is 22.7 Å². The smallest absolute Gasteiger partial charge is 0.252 e. The van der Waals surface area contributed by atoms with E-state index in [0.29, 0.717) is 23.6 Å². The number of nitrogens with zero attached hydrogens (tertiary/aromatic N) is 4. The second-order valence-corrected chi connectivity index (χ2v) is 7.45. The molecule has 150 valence electrons. The molecule has 0 saturated carbocycles. The zero-order valence-corrected chi connectivity index (χ0v) is 16.5. The van der Waals surface area contributed by atoms with Gasteiger partial charge in [-0.25, -0.2) is 4.98 Å². The second-order valence-electron chi connectivity index (χ2n) is 7.45. The summed E-state index contributed by atoms with van der Waals surface area (Å²) in [6.07, 6.45) is 2.46. The number of imidazole rings is 1. The van der Waals surface area contributed by atoms with E-state index >= 15 is 0 Å². The molecule has 8 nitrogen and oxygen atoms in total. The third kappa shape index (κ3) is 3.97. The number of pyridine rings is 1. The van der Waals surface area contributed by atoms with Crippen LogP contribution in [0.4, 0.5) is 0 Å². The summed E-state index contributed by atoms with van der Waals surface area (Å²) in [6.45, 7) is 4.35. The molecule has 4 aromatic rings. The maximum absolute atomic E-state index is 12.5. The molecule has 0 spiro atoms. The van der Waals surface area contributed by atoms with Crippen LogP contribution in [-0.2, 0) is 6.42 Å². The number of rotatable bonds is 7. The van der Waals surface area contributed by atoms with Crippen molar-refractivity contribution in [3.8, 4) is 0 Å². The van der Waals surface area contributed by atoms with Gasteiger partial charge >= 0.3 is 0 Å². The number of carbonyl (C=O) groups is 1. The van der Waals surface area contributed by atoms with Gasteiger partial charge in [-0.1, -0.05) is 26.0 Å². The summed E-state index contributed by atoms with van der Waals surface area (Å²) >= 11 is 0. The lowest BCUT2D eigenvalue weighted by Crippen LogP contribution is -2.25. The highest BCUT2D eigenvalue weighted by Gasteiger charge is 2.19. The summed E-state index contributed by atoms with van der Waals surface area (Å²) in [6, 6.07) is 11.4. The van der Waals surface area contributed by atoms with Gasteiger partial charge in [-0.3, -0.25) is 9.20 Å². The standard InChI is InChI=1S/C21H24N6O2/c1-13(2)19(28)20-26-25-18-10-9-14(12-27(18)20)21(29)22-11-5-8-17-23-15-6-3-4-7-16(15)24-17/h3-4,6-7,9-10,12-13,19,28H,5,8,11H2,1-2H3,(H,22,29)(H,23,24). The maximum Gasteiger partial charge on any atom is 0.252 e. The Labute approximate surface area is 168 Å². The lowest BCUT2D eigenvalue weighted by atomic mass is 10.1. The minimum atomic E-state index is -0.743. The molecule has 0 aliphatic heterocycles. The van der Waals surface area contributed by atoms with Crippen LogP contribution < -0.4 is 5.32 Å². The number of aromatic amines is 1. The first-order chi connectivity index (χ1) is 14.0. The van der Waals surface area contributed by atoms with Crippen LogP contribution >= 0.6 is 0 Å². The molecule has 0 bridgehead atoms. The van der Waals surface area contributed by atoms with Crippen LogP contribution in [0, 0.1) is 5.92 Å². The fourth-order valence-electron chi connectivity index (χ4n) is 3.23. The highest BCUT2D eigenvalue weighted by atomic mass is 16.3. The van der Waals surface area contributed by atoms with E-state index in [1.807, 2.05) is 38.1 Å². The number of benzene rings is 1. The average molecular weight is 392 g/mol. The number of carbonyl (C=O) groups excluding carboxylic acids is 1. The monoisotopic (exact) mass is 392 g/mol. The molecule has 29 heavy (non-hydrogen) atoms. The number of hydrogen-bond acceptors (Lipinski definition) is 5. The molecule has 0 aliphatic rings. The van der Waals surface area contributed by atoms with Crippen molar-refractivity contribution < 1.29 is 9.90 Å². The van der Waals surface area contributed by atoms with Gasteiger partial charge in [0.1, 0.15) is 11.9 Å². The van der Waals surface area contributed by atoms with Gasteiger partial charge in [0, 0.05) is 19.2 Å². The molecule has 1 unspecified atom stereocenters. The zero-order valence-electron chi connectivity index (χ0n) is 16.5. The highest BCUT2D eigenvalue weighted by molar-refractivity contribution is 5.94. The summed E-state index contributed by atoms with van der Waals surface area (Å²) in [4.78, 5) is 20.4. The van der Waals surface area contributed by atoms with E-state index in [9.17, 15) is 9.90 Å². The molecule has 3 heterocycles. The molecule has 4 rings (SSSR count). The van der Waals surface area contributed by atoms with Crippen molar-refractivity contribution in [1.29, 1.82) is 0 Å². The van der Waals surface area contributed by atoms with Crippen LogP contribution in [0.2, 0.25) is 0 Å². The van der Waals surface area contributed by atoms with Crippen LogP contribution in [0.15, 0.2) is 42.6 Å². The first-order valence-corrected chi connectivity index (χ1v) is 9.77. The lowest BCUT2D eigenvalue weighted by molar-refractivity contribution is 0.0952. The van der Waals surface area contributed by atoms with E-state index < -0.39 is 6.10 Å². The minimum absolute atomic E-state index is 0.00173. The molecule has 1 aromatic carbocycles. The molecule has 0 aliphatic carbocycles. The Hall–Kier alpha value is -3.26. The number of amides is 1. The van der Waals surface area contributed by atoms with E-state index in [0.717, 1.165) is 29.7 Å². The summed E-state index contributed by atoms with van der Waals surface area (Å²) in [5.41, 5.74) is 3.07. The van der Waals surface area contributed by atoms with Gasteiger partial charge in [0.25, 0.3) is 5.91 Å². The minimum Gasteiger partial charge on any atom is -0.385 e. The number of para-hydroxylation sites is 2. The summed E-state index contributed by atoms with van der Waals surface area (Å²) in [5, 5.41) is 21.4. The van der Waals surface area contributed by atoms with Crippen LogP contribution in [0.25, 0.3) is 16.7 Å². The SMILES string of the molecule is CC(C)C(O)c1nnc2ccc(C(=O)NCCCc3nc4ccccc4[nH]3)cn12. The lowest BCUT2D eigenvalue weighted by Gasteiger charge is -2.12. The number of hydrogen-bond donors (Lipinski definition) is 3. The Morgan fingerprint density at radius 2 is 2.03 bits per heavy atom. The fraction of sp³-hybridized carbons (Fsp3) is 0.333. The van der Waals surface area contributed by atoms with Crippen molar-refractivity contribution in [2.75, 3.05) is 6.54 Å². The molecule has 8 heteroatoms. The van der Waals surface area contributed by atoms with Gasteiger partial charge in [0.05, 0.1) is 16.6 Å². The second kappa shape index (κ2) is 8.00. The van der Waals surface area contributed by atoms with Crippen molar-refractivity contribution in [3.05, 3.63) is 59.8 Å². The largest absolute Gasteiger partial charge is 0.385 e. The normalized spacial score (nSPS) is 12.7. The number of H-pyrrole nitrogens is 1. The van der Waals surface area contributed by atoms with Crippen LogP contribution in [-0.4, -0.2) is 42.1 Å². The Kier molecular flexibility index (Phi) is 5.26. The van der Waals surface area contributed by atoms with Crippen LogP contribution in [0.1, 0.15) is 48.4 Å². The third-order valence-corrected chi connectivity index (χ3v) is 4.90. The van der Waals surface area contributed by atoms with E-state index in [1.165, 1.54) is 0 Å². The fourth-order valence-corrected chi connectivity index (χ4v) is 3.23. The zero-order chi connectivity index (χ0) is 20.4. The van der Waals surface area contributed by atoms with Crippen molar-refractivity contribution in [1.82, 2.24) is 29.9 Å². The molecule has 0 fully saturated rings. The van der Waals surface area contributed by atoms with E-state index in [-0.39, 0.29) is 11.8 Å². The molecular weight excluding hydrogens is 368 g/mol. The average Bonchev–Trinajstić information content (AvgIpc) is 3.33. The molecule has 1 atom stereocenters. The van der Waals surface area contributed by atoms with Gasteiger partial charge in [-0.2, -0.15) is 0 Å². The van der Waals surface area contributed by atoms with E-state index in [4.69, 9.17) is 0 Å². The maximum atomic E-state index is 12.5. The number of fused-ring (bicyclic) bond motifs is 2. The van der Waals surface area contributed by atoms with Crippen molar-refractivity contribution >= 4 is 22.6 Å². The molecule has 3 aromatic heterocycles. The molecule has 3 N–H and O–H groups in total. The molecule has 1 amide bonds. The number of nitrogens with one attached hydrogen (secondary N) is 2. The van der Waals surface area contributed by atoms with Gasteiger partial charge in [0.15, 0.2) is 11.5 Å². The molecule has 0 saturated heterocycles. The van der Waals surface area contributed by atoms with Gasteiger partial charge in [-0.15, -0.1) is 10.2 Å². The Morgan fingerprint density at radius 3 is 2.83 bits per heavy atom. The van der Waals surface area contributed by atoms with Crippen molar-refractivity contribution in [3.63, 3.8) is 0 Å². The van der Waals surface area contributed by atoms with Gasteiger partial charge < -0.3 is 15.4 Å². The Bertz CT molecular complexity index is 1110. The summed E-state index contributed by atoms with van der Waals surface area (Å²) in [5.74, 6) is 1.18. The number of aliphatic hydroxyl groups excluding tert-OH is 1. The predicted molar refractivity (Wildman–Crippen MR) is 110 cm³/mol. The highest BCUT2D eigenvalue weighted by Crippen LogP contribution is 2.20. The van der Waals surface area contributed by atoms with Crippen LogP contribution in [0.3, 0.4) is 0 Å². The van der Waals surface area contributed by atoms with Crippen molar-refractivity contribution in [2.24, 2.45) is 5.92 Å². The Morgan fingerprint density at radius 1 is 1.21 bits per heavy atom. The number of aliphatic hydroxyl groups is 1. The number of aromatic nitrogens is 5. The first kappa shape index (κ1) is 19.1. The van der Waals surface area contributed by atoms with Crippen molar-refractivity contribution in [2.45, 2.75) is 32.8 Å². The molecule has 0 radical (unpaired) electrons. The summed E-state index contributed by atoms with van der Waals surface area (Å²) in [7, 11) is 0. The predicted octanol–water partition coefficient (Wildman–Crippen LogP) is 2.66. The number of aryl methyl sites for hydroxylation is 1. The topological polar surface area (TPSA) is 108 Å². The van der Waals surface area contributed by atoms with Gasteiger partial charge in [-0.05, 0) is 36.6 Å². The molecular formula is C21H24N6O2. The Balaban J connectivity index is 1.37. The first-order valence-electron chi connectivity index (χ1n) is 9.77. The van der Waals surface area contributed by atoms with Crippen LogP contribution in [0.5, 0.6) is 0 Å².